The molecule has 22 heavy (non-hydrogen) atoms. The molecule has 0 spiro atoms. The molecule has 4 nitrogen and oxygen atoms in total. The molecule has 2 atom stereocenters. The van der Waals surface area contributed by atoms with E-state index in [1.807, 2.05) is 6.92 Å². The van der Waals surface area contributed by atoms with Gasteiger partial charge in [0.25, 0.3) is 5.91 Å². The second-order valence-electron chi connectivity index (χ2n) is 6.25. The first-order valence-electron chi connectivity index (χ1n) is 7.78. The van der Waals surface area contributed by atoms with Crippen molar-refractivity contribution in [1.82, 2.24) is 4.90 Å². The van der Waals surface area contributed by atoms with Crippen LogP contribution in [0.25, 0.3) is 0 Å². The minimum atomic E-state index is -0.740. The van der Waals surface area contributed by atoms with Crippen molar-refractivity contribution in [1.29, 1.82) is 0 Å². The van der Waals surface area contributed by atoms with Gasteiger partial charge in [-0.25, -0.2) is 4.39 Å². The van der Waals surface area contributed by atoms with Crippen LogP contribution in [0.5, 0.6) is 0 Å². The Balaban J connectivity index is 2.14. The summed E-state index contributed by atoms with van der Waals surface area (Å²) in [6.45, 7) is 4.35. The standard InChI is InChI=1S/C17H24FNO3/c1-3-6-17(11-20)7-8-19(10-15(17)21)16(22)14-5-4-13(18)9-12(14)2/h4-5,9,15,20-21H,3,6-8,10-11H2,1-2H3/t15-,17-/m1/s1. The molecule has 0 saturated carbocycles. The number of aliphatic hydroxyl groups is 2. The van der Waals surface area contributed by atoms with E-state index in [-0.39, 0.29) is 24.9 Å². The highest BCUT2D eigenvalue weighted by atomic mass is 19.1. The molecule has 5 heteroatoms. The summed E-state index contributed by atoms with van der Waals surface area (Å²) in [4.78, 5) is 14.2. The Morgan fingerprint density at radius 2 is 2.23 bits per heavy atom. The van der Waals surface area contributed by atoms with Gasteiger partial charge >= 0.3 is 0 Å². The van der Waals surface area contributed by atoms with Crippen molar-refractivity contribution in [2.24, 2.45) is 5.41 Å². The van der Waals surface area contributed by atoms with Gasteiger partial charge in [0.15, 0.2) is 0 Å². The molecule has 1 aromatic rings. The molecular weight excluding hydrogens is 285 g/mol. The van der Waals surface area contributed by atoms with Crippen LogP contribution in [-0.4, -0.2) is 46.8 Å². The minimum absolute atomic E-state index is 0.0698. The monoisotopic (exact) mass is 309 g/mol. The predicted molar refractivity (Wildman–Crippen MR) is 82.1 cm³/mol. The van der Waals surface area contributed by atoms with E-state index in [0.29, 0.717) is 24.1 Å². The Bertz CT molecular complexity index is 549. The average Bonchev–Trinajstić information content (AvgIpc) is 2.49. The van der Waals surface area contributed by atoms with Crippen molar-refractivity contribution in [2.75, 3.05) is 19.7 Å². The van der Waals surface area contributed by atoms with Gasteiger partial charge in [0.1, 0.15) is 5.82 Å². The first kappa shape index (κ1) is 16.9. The maximum Gasteiger partial charge on any atom is 0.254 e. The van der Waals surface area contributed by atoms with Crippen molar-refractivity contribution in [3.05, 3.63) is 35.1 Å². The second-order valence-corrected chi connectivity index (χ2v) is 6.25. The van der Waals surface area contributed by atoms with Gasteiger partial charge in [-0.15, -0.1) is 0 Å². The van der Waals surface area contributed by atoms with Crippen LogP contribution in [0.4, 0.5) is 4.39 Å². The third-order valence-electron chi connectivity index (χ3n) is 4.75. The number of amides is 1. The summed E-state index contributed by atoms with van der Waals surface area (Å²) < 4.78 is 13.2. The Hall–Kier alpha value is -1.46. The fourth-order valence-electron chi connectivity index (χ4n) is 3.29. The van der Waals surface area contributed by atoms with Crippen molar-refractivity contribution in [2.45, 2.75) is 39.2 Å². The number of carbonyl (C=O) groups excluding carboxylic acids is 1. The summed E-state index contributed by atoms with van der Waals surface area (Å²) >= 11 is 0. The van der Waals surface area contributed by atoms with Crippen molar-refractivity contribution in [3.63, 3.8) is 0 Å². The summed E-state index contributed by atoms with van der Waals surface area (Å²) in [7, 11) is 0. The highest BCUT2D eigenvalue weighted by Crippen LogP contribution is 2.36. The van der Waals surface area contributed by atoms with Gasteiger partial charge in [-0.3, -0.25) is 4.79 Å². The fourth-order valence-corrected chi connectivity index (χ4v) is 3.29. The lowest BCUT2D eigenvalue weighted by Gasteiger charge is -2.44. The molecule has 122 valence electrons. The maximum absolute atomic E-state index is 13.2. The summed E-state index contributed by atoms with van der Waals surface area (Å²) in [6.07, 6.45) is 1.45. The van der Waals surface area contributed by atoms with Gasteiger partial charge in [-0.1, -0.05) is 13.3 Å². The number of likely N-dealkylation sites (tertiary alicyclic amines) is 1. The molecule has 1 fully saturated rings. The predicted octanol–water partition coefficient (Wildman–Crippen LogP) is 2.12. The Morgan fingerprint density at radius 3 is 2.77 bits per heavy atom. The number of halogens is 1. The first-order chi connectivity index (χ1) is 10.4. The molecule has 1 aliphatic heterocycles. The SMILES string of the molecule is CCC[C@]1(CO)CCN(C(=O)c2ccc(F)cc2C)C[C@H]1O. The number of aryl methyl sites for hydroxylation is 1. The number of benzene rings is 1. The molecular formula is C17H24FNO3. The molecule has 1 aliphatic rings. The number of piperidine rings is 1. The van der Waals surface area contributed by atoms with Crippen molar-refractivity contribution in [3.8, 4) is 0 Å². The number of hydrogen-bond acceptors (Lipinski definition) is 3. The zero-order valence-corrected chi connectivity index (χ0v) is 13.2. The van der Waals surface area contributed by atoms with E-state index in [1.54, 1.807) is 11.8 Å². The summed E-state index contributed by atoms with van der Waals surface area (Å²) in [6, 6.07) is 4.09. The van der Waals surface area contributed by atoms with Crippen LogP contribution in [0.2, 0.25) is 0 Å². The fraction of sp³-hybridized carbons (Fsp3) is 0.588. The topological polar surface area (TPSA) is 60.8 Å². The Morgan fingerprint density at radius 1 is 1.50 bits per heavy atom. The quantitative estimate of drug-likeness (QED) is 0.895. The van der Waals surface area contributed by atoms with Gasteiger partial charge in [0.05, 0.1) is 12.7 Å². The highest BCUT2D eigenvalue weighted by Gasteiger charge is 2.42. The summed E-state index contributed by atoms with van der Waals surface area (Å²) in [5.41, 5.74) is 0.538. The van der Waals surface area contributed by atoms with Gasteiger partial charge in [-0.2, -0.15) is 0 Å². The normalized spacial score (nSPS) is 25.3. The lowest BCUT2D eigenvalue weighted by Crippen LogP contribution is -2.54. The van der Waals surface area contributed by atoms with Crippen LogP contribution < -0.4 is 0 Å². The molecule has 0 bridgehead atoms. The number of aliphatic hydroxyl groups excluding tert-OH is 2. The maximum atomic E-state index is 13.2. The second kappa shape index (κ2) is 6.75. The van der Waals surface area contributed by atoms with E-state index in [0.717, 1.165) is 12.8 Å². The van der Waals surface area contributed by atoms with Crippen LogP contribution >= 0.6 is 0 Å². The number of β-amino-alcohol motifs (C(OH)–C–C–N with tert-alkyl or cyclic N) is 1. The van der Waals surface area contributed by atoms with Crippen LogP contribution in [-0.2, 0) is 0 Å². The van der Waals surface area contributed by atoms with E-state index < -0.39 is 11.5 Å². The van der Waals surface area contributed by atoms with Crippen LogP contribution in [0.3, 0.4) is 0 Å². The first-order valence-corrected chi connectivity index (χ1v) is 7.78. The molecule has 0 aromatic heterocycles. The van der Waals surface area contributed by atoms with E-state index in [2.05, 4.69) is 0 Å². The molecule has 1 saturated heterocycles. The van der Waals surface area contributed by atoms with E-state index in [9.17, 15) is 19.4 Å². The third kappa shape index (κ3) is 3.15. The van der Waals surface area contributed by atoms with Crippen molar-refractivity contribution >= 4 is 5.91 Å². The van der Waals surface area contributed by atoms with E-state index in [4.69, 9.17) is 0 Å². The van der Waals surface area contributed by atoms with Gasteiger partial charge in [0.2, 0.25) is 0 Å². The highest BCUT2D eigenvalue weighted by molar-refractivity contribution is 5.95. The zero-order valence-electron chi connectivity index (χ0n) is 13.2. The minimum Gasteiger partial charge on any atom is -0.396 e. The number of hydrogen-bond donors (Lipinski definition) is 2. The van der Waals surface area contributed by atoms with Gasteiger partial charge in [-0.05, 0) is 43.5 Å². The smallest absolute Gasteiger partial charge is 0.254 e. The number of carbonyl (C=O) groups is 1. The average molecular weight is 309 g/mol. The lowest BCUT2D eigenvalue weighted by molar-refractivity contribution is -0.0713. The number of nitrogens with zero attached hydrogens (tertiary/aromatic N) is 1. The Kier molecular flexibility index (Phi) is 5.19. The molecule has 1 aromatic carbocycles. The van der Waals surface area contributed by atoms with Crippen LogP contribution in [0.15, 0.2) is 18.2 Å². The van der Waals surface area contributed by atoms with E-state index >= 15 is 0 Å². The van der Waals surface area contributed by atoms with E-state index in [1.165, 1.54) is 18.2 Å². The van der Waals surface area contributed by atoms with Crippen LogP contribution in [0.1, 0.15) is 42.1 Å². The molecule has 0 aliphatic carbocycles. The molecule has 2 rings (SSSR count). The number of rotatable bonds is 4. The van der Waals surface area contributed by atoms with Crippen LogP contribution in [0, 0.1) is 18.2 Å². The van der Waals surface area contributed by atoms with Gasteiger partial charge in [0, 0.05) is 24.1 Å². The molecule has 1 heterocycles. The lowest BCUT2D eigenvalue weighted by atomic mass is 9.73. The molecule has 1 amide bonds. The Labute approximate surface area is 130 Å². The molecule has 0 unspecified atom stereocenters. The molecule has 0 radical (unpaired) electrons. The summed E-state index contributed by atoms with van der Waals surface area (Å²) in [5.74, 6) is -0.561. The summed E-state index contributed by atoms with van der Waals surface area (Å²) in [5, 5.41) is 20.1. The van der Waals surface area contributed by atoms with Gasteiger partial charge < -0.3 is 15.1 Å². The van der Waals surface area contributed by atoms with Crippen molar-refractivity contribution < 1.29 is 19.4 Å². The third-order valence-corrected chi connectivity index (χ3v) is 4.75. The largest absolute Gasteiger partial charge is 0.396 e. The molecule has 2 N–H and O–H groups in total. The zero-order chi connectivity index (χ0) is 16.3.